The maximum Gasteiger partial charge on any atom is 0.0122 e. The first-order chi connectivity index (χ1) is 2.77. The van der Waals surface area contributed by atoms with Crippen molar-refractivity contribution in [2.75, 3.05) is 6.54 Å². The molecule has 0 heterocycles. The summed E-state index contributed by atoms with van der Waals surface area (Å²) in [4.78, 5) is 0. The van der Waals surface area contributed by atoms with Crippen LogP contribution in [-0.2, 0) is 0 Å². The Labute approximate surface area is 54.9 Å². The normalized spacial score (nSPS) is 10.4. The molecule has 0 aromatic rings. The summed E-state index contributed by atoms with van der Waals surface area (Å²) in [5, 5.41) is 0.762. The Balaban J connectivity index is 0. The largest absolute Gasteiger partial charge is 0.327 e. The third kappa shape index (κ3) is 10.7. The lowest BCUT2D eigenvalue weighted by atomic mass is 10.5. The average Bonchev–Trinajstić information content (AvgIpc) is 1.35. The second kappa shape index (κ2) is 6.28. The molecular formula is C4H9Cl2N. The third-order valence-electron chi connectivity index (χ3n) is 0.399. The maximum atomic E-state index is 5.36. The summed E-state index contributed by atoms with van der Waals surface area (Å²) < 4.78 is 0. The van der Waals surface area contributed by atoms with E-state index in [1.807, 2.05) is 0 Å². The summed E-state index contributed by atoms with van der Waals surface area (Å²) in [6, 6.07) is 0. The minimum atomic E-state index is 0. The molecule has 0 spiro atoms. The van der Waals surface area contributed by atoms with Crippen LogP contribution in [0.4, 0.5) is 0 Å². The van der Waals surface area contributed by atoms with Crippen LogP contribution < -0.4 is 5.73 Å². The summed E-state index contributed by atoms with van der Waals surface area (Å²) in [6.07, 6.45) is 1.75. The quantitative estimate of drug-likeness (QED) is 0.589. The Hall–Kier alpha value is 0.280. The Bertz CT molecular complexity index is 56.7. The van der Waals surface area contributed by atoms with Gasteiger partial charge in [0.2, 0.25) is 0 Å². The van der Waals surface area contributed by atoms with Gasteiger partial charge in [-0.05, 0) is 6.92 Å². The molecule has 2 N–H and O–H groups in total. The fourth-order valence-corrected chi connectivity index (χ4v) is 0.251. The van der Waals surface area contributed by atoms with Gasteiger partial charge in [-0.25, -0.2) is 0 Å². The van der Waals surface area contributed by atoms with E-state index in [4.69, 9.17) is 17.3 Å². The van der Waals surface area contributed by atoms with Gasteiger partial charge in [0.1, 0.15) is 0 Å². The van der Waals surface area contributed by atoms with Crippen LogP contribution in [0.25, 0.3) is 0 Å². The van der Waals surface area contributed by atoms with Gasteiger partial charge in [0.15, 0.2) is 0 Å². The van der Waals surface area contributed by atoms with Crippen molar-refractivity contribution in [2.24, 2.45) is 5.73 Å². The van der Waals surface area contributed by atoms with Crippen LogP contribution >= 0.6 is 24.0 Å². The summed E-state index contributed by atoms with van der Waals surface area (Å²) in [5.41, 5.74) is 5.07. The molecule has 0 radical (unpaired) electrons. The topological polar surface area (TPSA) is 26.0 Å². The smallest absolute Gasteiger partial charge is 0.0122 e. The molecule has 3 heteroatoms. The van der Waals surface area contributed by atoms with Gasteiger partial charge in [-0.15, -0.1) is 12.4 Å². The second-order valence-corrected chi connectivity index (χ2v) is 1.62. The zero-order chi connectivity index (χ0) is 4.99. The van der Waals surface area contributed by atoms with Crippen molar-refractivity contribution in [2.45, 2.75) is 6.92 Å². The van der Waals surface area contributed by atoms with Crippen LogP contribution in [0, 0.1) is 0 Å². The number of rotatable bonds is 1. The van der Waals surface area contributed by atoms with Crippen LogP contribution in [0.2, 0.25) is 0 Å². The molecule has 0 saturated heterocycles. The van der Waals surface area contributed by atoms with E-state index >= 15 is 0 Å². The fourth-order valence-electron chi connectivity index (χ4n) is 0.162. The van der Waals surface area contributed by atoms with Crippen LogP contribution in [0.15, 0.2) is 11.1 Å². The highest BCUT2D eigenvalue weighted by molar-refractivity contribution is 6.29. The van der Waals surface area contributed by atoms with Gasteiger partial charge >= 0.3 is 0 Å². The van der Waals surface area contributed by atoms with Gasteiger partial charge < -0.3 is 5.73 Å². The molecule has 1 nitrogen and oxygen atoms in total. The van der Waals surface area contributed by atoms with E-state index in [1.165, 1.54) is 0 Å². The summed E-state index contributed by atoms with van der Waals surface area (Å²) in [5.74, 6) is 0. The lowest BCUT2D eigenvalue weighted by molar-refractivity contribution is 1.24. The molecule has 0 unspecified atom stereocenters. The Morgan fingerprint density at radius 2 is 2.29 bits per heavy atom. The molecule has 0 atom stereocenters. The Kier molecular flexibility index (Phi) is 9.24. The zero-order valence-corrected chi connectivity index (χ0v) is 5.72. The highest BCUT2D eigenvalue weighted by Gasteiger charge is 1.70. The van der Waals surface area contributed by atoms with E-state index in [9.17, 15) is 0 Å². The molecule has 0 fully saturated rings. The lowest BCUT2D eigenvalue weighted by Crippen LogP contribution is -1.92. The molecule has 0 bridgehead atoms. The molecule has 0 aliphatic heterocycles. The molecular weight excluding hydrogens is 133 g/mol. The van der Waals surface area contributed by atoms with E-state index in [0.29, 0.717) is 6.54 Å². The summed E-state index contributed by atoms with van der Waals surface area (Å²) >= 11 is 5.36. The summed E-state index contributed by atoms with van der Waals surface area (Å²) in [7, 11) is 0. The van der Waals surface area contributed by atoms with Crippen molar-refractivity contribution >= 4 is 24.0 Å². The SMILES string of the molecule is C/C(Cl)=C/CN.Cl. The van der Waals surface area contributed by atoms with Crippen LogP contribution in [0.3, 0.4) is 0 Å². The summed E-state index contributed by atoms with van der Waals surface area (Å²) in [6.45, 7) is 2.34. The fraction of sp³-hybridized carbons (Fsp3) is 0.500. The van der Waals surface area contributed by atoms with Gasteiger partial charge in [-0.1, -0.05) is 17.7 Å². The van der Waals surface area contributed by atoms with Crippen molar-refractivity contribution in [3.63, 3.8) is 0 Å². The van der Waals surface area contributed by atoms with Crippen molar-refractivity contribution in [1.29, 1.82) is 0 Å². The van der Waals surface area contributed by atoms with Crippen LogP contribution in [0.5, 0.6) is 0 Å². The molecule has 0 amide bonds. The van der Waals surface area contributed by atoms with E-state index in [1.54, 1.807) is 13.0 Å². The molecule has 0 saturated carbocycles. The van der Waals surface area contributed by atoms with E-state index in [-0.39, 0.29) is 12.4 Å². The zero-order valence-electron chi connectivity index (χ0n) is 4.15. The maximum absolute atomic E-state index is 5.36. The minimum absolute atomic E-state index is 0. The number of nitrogens with two attached hydrogens (primary N) is 1. The number of allylic oxidation sites excluding steroid dienone is 1. The molecule has 0 aromatic carbocycles. The standard InChI is InChI=1S/C4H8ClN.ClH/c1-4(5)2-3-6;/h2H,3,6H2,1H3;1H/b4-2-;. The second-order valence-electron chi connectivity index (χ2n) is 1.03. The highest BCUT2D eigenvalue weighted by atomic mass is 35.5. The first-order valence-electron chi connectivity index (χ1n) is 1.79. The number of halogens is 2. The van der Waals surface area contributed by atoms with Gasteiger partial charge in [0, 0.05) is 11.6 Å². The van der Waals surface area contributed by atoms with E-state index < -0.39 is 0 Å². The molecule has 0 rings (SSSR count). The minimum Gasteiger partial charge on any atom is -0.327 e. The molecule has 7 heavy (non-hydrogen) atoms. The molecule has 0 aliphatic rings. The van der Waals surface area contributed by atoms with Gasteiger partial charge in [0.25, 0.3) is 0 Å². The Morgan fingerprint density at radius 1 is 1.86 bits per heavy atom. The monoisotopic (exact) mass is 141 g/mol. The van der Waals surface area contributed by atoms with E-state index in [2.05, 4.69) is 0 Å². The van der Waals surface area contributed by atoms with Gasteiger partial charge in [-0.3, -0.25) is 0 Å². The molecule has 0 aliphatic carbocycles. The predicted octanol–water partition coefficient (Wildman–Crippen LogP) is 1.51. The first-order valence-corrected chi connectivity index (χ1v) is 2.17. The predicted molar refractivity (Wildman–Crippen MR) is 35.9 cm³/mol. The van der Waals surface area contributed by atoms with Crippen LogP contribution in [0.1, 0.15) is 6.92 Å². The highest BCUT2D eigenvalue weighted by Crippen LogP contribution is 1.93. The van der Waals surface area contributed by atoms with Gasteiger partial charge in [-0.2, -0.15) is 0 Å². The van der Waals surface area contributed by atoms with Gasteiger partial charge in [0.05, 0.1) is 0 Å². The van der Waals surface area contributed by atoms with Crippen molar-refractivity contribution < 1.29 is 0 Å². The average molecular weight is 142 g/mol. The van der Waals surface area contributed by atoms with Crippen molar-refractivity contribution in [3.8, 4) is 0 Å². The first kappa shape index (κ1) is 10.3. The van der Waals surface area contributed by atoms with Crippen molar-refractivity contribution in [3.05, 3.63) is 11.1 Å². The number of hydrogen-bond donors (Lipinski definition) is 1. The molecule has 0 aromatic heterocycles. The third-order valence-corrected chi connectivity index (χ3v) is 0.553. The lowest BCUT2D eigenvalue weighted by Gasteiger charge is -1.77. The van der Waals surface area contributed by atoms with Crippen LogP contribution in [-0.4, -0.2) is 6.54 Å². The van der Waals surface area contributed by atoms with E-state index in [0.717, 1.165) is 5.03 Å². The number of hydrogen-bond acceptors (Lipinski definition) is 1. The van der Waals surface area contributed by atoms with Crippen molar-refractivity contribution in [1.82, 2.24) is 0 Å². The Morgan fingerprint density at radius 3 is 2.29 bits per heavy atom. The molecule has 44 valence electrons.